The lowest BCUT2D eigenvalue weighted by Gasteiger charge is -2.14. The molecule has 16 heavy (non-hydrogen) atoms. The lowest BCUT2D eigenvalue weighted by molar-refractivity contribution is 0.609. The molecule has 1 aromatic heterocycles. The monoisotopic (exact) mass is 219 g/mol. The molecule has 84 valence electrons. The van der Waals surface area contributed by atoms with Crippen LogP contribution < -0.4 is 11.5 Å². The highest BCUT2D eigenvalue weighted by Crippen LogP contribution is 2.19. The fourth-order valence-electron chi connectivity index (χ4n) is 1.68. The molecule has 0 aliphatic carbocycles. The third-order valence-corrected chi connectivity index (χ3v) is 2.53. The van der Waals surface area contributed by atoms with Crippen molar-refractivity contribution in [2.75, 3.05) is 6.54 Å². The second-order valence-corrected chi connectivity index (χ2v) is 3.60. The molecule has 0 saturated heterocycles. The molecule has 0 aliphatic heterocycles. The molecule has 0 saturated carbocycles. The molecule has 1 atom stereocenters. The Morgan fingerprint density at radius 3 is 2.62 bits per heavy atom. The quantitative estimate of drug-likeness (QED) is 0.823. The van der Waals surface area contributed by atoms with Crippen LogP contribution in [0.4, 0.5) is 4.39 Å². The standard InChI is InChI=1S/C12H14FN3/c13-9-4-1-2-5-11(9)16-7-3-6-12(16)10(15)8-14/h1-7,10H,8,14-15H2. The molecule has 0 amide bonds. The van der Waals surface area contributed by atoms with Crippen LogP contribution >= 0.6 is 0 Å². The van der Waals surface area contributed by atoms with Crippen LogP contribution in [0.15, 0.2) is 42.6 Å². The lowest BCUT2D eigenvalue weighted by Crippen LogP contribution is -2.23. The van der Waals surface area contributed by atoms with E-state index in [0.717, 1.165) is 5.69 Å². The van der Waals surface area contributed by atoms with Crippen LogP contribution in [0, 0.1) is 5.82 Å². The zero-order chi connectivity index (χ0) is 11.5. The third kappa shape index (κ3) is 1.85. The highest BCUT2D eigenvalue weighted by Gasteiger charge is 2.12. The molecule has 0 fully saturated rings. The Labute approximate surface area is 93.5 Å². The smallest absolute Gasteiger partial charge is 0.147 e. The summed E-state index contributed by atoms with van der Waals surface area (Å²) in [5, 5.41) is 0. The van der Waals surface area contributed by atoms with Gasteiger partial charge in [-0.1, -0.05) is 12.1 Å². The van der Waals surface area contributed by atoms with Crippen molar-refractivity contribution in [3.63, 3.8) is 0 Å². The molecule has 0 radical (unpaired) electrons. The van der Waals surface area contributed by atoms with Gasteiger partial charge in [-0.2, -0.15) is 0 Å². The van der Waals surface area contributed by atoms with Crippen molar-refractivity contribution in [3.05, 3.63) is 54.1 Å². The lowest BCUT2D eigenvalue weighted by atomic mass is 10.2. The Balaban J connectivity index is 2.49. The summed E-state index contributed by atoms with van der Waals surface area (Å²) in [5.74, 6) is -0.274. The number of hydrogen-bond acceptors (Lipinski definition) is 2. The van der Waals surface area contributed by atoms with E-state index in [0.29, 0.717) is 12.2 Å². The van der Waals surface area contributed by atoms with E-state index in [1.165, 1.54) is 6.07 Å². The molecule has 1 heterocycles. The Morgan fingerprint density at radius 1 is 1.19 bits per heavy atom. The van der Waals surface area contributed by atoms with Crippen molar-refractivity contribution in [2.45, 2.75) is 6.04 Å². The second kappa shape index (κ2) is 4.47. The van der Waals surface area contributed by atoms with Gasteiger partial charge in [0.15, 0.2) is 0 Å². The van der Waals surface area contributed by atoms with Crippen molar-refractivity contribution in [3.8, 4) is 5.69 Å². The highest BCUT2D eigenvalue weighted by atomic mass is 19.1. The average molecular weight is 219 g/mol. The number of hydrogen-bond donors (Lipinski definition) is 2. The minimum absolute atomic E-state index is 0.274. The van der Waals surface area contributed by atoms with Gasteiger partial charge >= 0.3 is 0 Å². The molecule has 0 bridgehead atoms. The number of halogens is 1. The maximum atomic E-state index is 13.6. The molecule has 2 rings (SSSR count). The largest absolute Gasteiger partial charge is 0.329 e. The number of para-hydroxylation sites is 1. The molecule has 4 heteroatoms. The number of benzene rings is 1. The van der Waals surface area contributed by atoms with E-state index < -0.39 is 0 Å². The van der Waals surface area contributed by atoms with Gasteiger partial charge in [0.1, 0.15) is 5.82 Å². The van der Waals surface area contributed by atoms with E-state index >= 15 is 0 Å². The van der Waals surface area contributed by atoms with Crippen molar-refractivity contribution < 1.29 is 4.39 Å². The van der Waals surface area contributed by atoms with Gasteiger partial charge in [-0.05, 0) is 24.3 Å². The Kier molecular flexibility index (Phi) is 3.03. The van der Waals surface area contributed by atoms with Crippen LogP contribution in [0.25, 0.3) is 5.69 Å². The maximum absolute atomic E-state index is 13.6. The number of rotatable bonds is 3. The minimum Gasteiger partial charge on any atom is -0.329 e. The summed E-state index contributed by atoms with van der Waals surface area (Å²) in [7, 11) is 0. The van der Waals surface area contributed by atoms with Gasteiger partial charge in [0.25, 0.3) is 0 Å². The van der Waals surface area contributed by atoms with E-state index in [9.17, 15) is 4.39 Å². The second-order valence-electron chi connectivity index (χ2n) is 3.60. The van der Waals surface area contributed by atoms with E-state index in [-0.39, 0.29) is 11.9 Å². The highest BCUT2D eigenvalue weighted by molar-refractivity contribution is 5.37. The molecule has 1 aromatic carbocycles. The first kappa shape index (κ1) is 10.9. The average Bonchev–Trinajstić information content (AvgIpc) is 2.77. The summed E-state index contributed by atoms with van der Waals surface area (Å²) in [4.78, 5) is 0. The molecule has 4 N–H and O–H groups in total. The summed E-state index contributed by atoms with van der Waals surface area (Å²) in [6.45, 7) is 0.332. The Bertz CT molecular complexity index is 479. The summed E-state index contributed by atoms with van der Waals surface area (Å²) >= 11 is 0. The van der Waals surface area contributed by atoms with Crippen molar-refractivity contribution >= 4 is 0 Å². The maximum Gasteiger partial charge on any atom is 0.147 e. The fraction of sp³-hybridized carbons (Fsp3) is 0.167. The van der Waals surface area contributed by atoms with E-state index in [1.54, 1.807) is 29.0 Å². The van der Waals surface area contributed by atoms with Crippen LogP contribution in [-0.4, -0.2) is 11.1 Å². The summed E-state index contributed by atoms with van der Waals surface area (Å²) in [5.41, 5.74) is 12.7. The normalized spacial score (nSPS) is 12.7. The van der Waals surface area contributed by atoms with E-state index in [1.807, 2.05) is 12.1 Å². The topological polar surface area (TPSA) is 57.0 Å². The van der Waals surface area contributed by atoms with Gasteiger partial charge < -0.3 is 16.0 Å². The molecule has 3 nitrogen and oxygen atoms in total. The summed E-state index contributed by atoms with van der Waals surface area (Å²) in [6.07, 6.45) is 1.78. The fourth-order valence-corrected chi connectivity index (χ4v) is 1.68. The van der Waals surface area contributed by atoms with E-state index in [2.05, 4.69) is 0 Å². The molecule has 2 aromatic rings. The molecule has 1 unspecified atom stereocenters. The molecule has 0 spiro atoms. The Hall–Kier alpha value is -1.65. The predicted octanol–water partition coefficient (Wildman–Crippen LogP) is 1.57. The van der Waals surface area contributed by atoms with Crippen LogP contribution in [0.2, 0.25) is 0 Å². The van der Waals surface area contributed by atoms with Gasteiger partial charge in [-0.3, -0.25) is 0 Å². The van der Waals surface area contributed by atoms with Crippen LogP contribution in [-0.2, 0) is 0 Å². The molecule has 0 aliphatic rings. The predicted molar refractivity (Wildman–Crippen MR) is 61.7 cm³/mol. The first-order valence-electron chi connectivity index (χ1n) is 5.12. The number of nitrogens with zero attached hydrogens (tertiary/aromatic N) is 1. The van der Waals surface area contributed by atoms with Gasteiger partial charge in [0.05, 0.1) is 11.7 Å². The molecular weight excluding hydrogens is 205 g/mol. The minimum atomic E-state index is -0.283. The SMILES string of the molecule is NCC(N)c1cccn1-c1ccccc1F. The van der Waals surface area contributed by atoms with Gasteiger partial charge in [0.2, 0.25) is 0 Å². The molecular formula is C12H14FN3. The van der Waals surface area contributed by atoms with Gasteiger partial charge in [-0.15, -0.1) is 0 Å². The van der Waals surface area contributed by atoms with E-state index in [4.69, 9.17) is 11.5 Å². The third-order valence-electron chi connectivity index (χ3n) is 2.53. The zero-order valence-corrected chi connectivity index (χ0v) is 8.81. The first-order chi connectivity index (χ1) is 7.74. The van der Waals surface area contributed by atoms with Crippen LogP contribution in [0.3, 0.4) is 0 Å². The van der Waals surface area contributed by atoms with Crippen LogP contribution in [0.5, 0.6) is 0 Å². The van der Waals surface area contributed by atoms with Crippen molar-refractivity contribution in [1.82, 2.24) is 4.57 Å². The van der Waals surface area contributed by atoms with Gasteiger partial charge in [0, 0.05) is 18.4 Å². The zero-order valence-electron chi connectivity index (χ0n) is 8.81. The van der Waals surface area contributed by atoms with Crippen molar-refractivity contribution in [1.29, 1.82) is 0 Å². The Morgan fingerprint density at radius 2 is 1.94 bits per heavy atom. The first-order valence-corrected chi connectivity index (χ1v) is 5.12. The van der Waals surface area contributed by atoms with Gasteiger partial charge in [-0.25, -0.2) is 4.39 Å². The number of aromatic nitrogens is 1. The summed E-state index contributed by atoms with van der Waals surface area (Å²) in [6, 6.07) is 9.98. The van der Waals surface area contributed by atoms with Crippen molar-refractivity contribution in [2.24, 2.45) is 11.5 Å². The van der Waals surface area contributed by atoms with Crippen LogP contribution in [0.1, 0.15) is 11.7 Å². The number of nitrogens with two attached hydrogens (primary N) is 2. The summed E-state index contributed by atoms with van der Waals surface area (Å²) < 4.78 is 15.3.